The Bertz CT molecular complexity index is 1370. The van der Waals surface area contributed by atoms with Gasteiger partial charge in [-0.05, 0) is 65.2 Å². The molecule has 0 saturated carbocycles. The van der Waals surface area contributed by atoms with Gasteiger partial charge in [0.2, 0.25) is 5.91 Å². The van der Waals surface area contributed by atoms with E-state index in [1.54, 1.807) is 32.8 Å². The highest BCUT2D eigenvalue weighted by molar-refractivity contribution is 6.02. The number of esters is 1. The second kappa shape index (κ2) is 16.1. The normalized spacial score (nSPS) is 16.5. The average molecular weight is 606 g/mol. The molecule has 1 amide bonds. The fraction of sp³-hybridized carbons (Fsp3) is 0.457. The molecule has 1 aliphatic rings. The Morgan fingerprint density at radius 1 is 1.00 bits per heavy atom. The van der Waals surface area contributed by atoms with Crippen molar-refractivity contribution >= 4 is 23.3 Å². The number of nitrogens with one attached hydrogen (secondary N) is 2. The van der Waals surface area contributed by atoms with Crippen molar-refractivity contribution in [2.75, 3.05) is 25.5 Å². The van der Waals surface area contributed by atoms with Gasteiger partial charge < -0.3 is 30.1 Å². The molecular formula is C35H47N3O6. The first kappa shape index (κ1) is 34.4. The van der Waals surface area contributed by atoms with Crippen LogP contribution in [0.1, 0.15) is 59.9 Å². The molecule has 0 aliphatic carbocycles. The maximum Gasteiger partial charge on any atom is 0.326 e. The highest BCUT2D eigenvalue weighted by Crippen LogP contribution is 2.38. The standard InChI is InChI=1S/C35H47N3O6/c1-8-13-29-33(25(6)39)23(4)38(21-32(41)44-22(2)3)24(5)34(29)35(42)37-30(18-26-14-10-9-11-15-26)31(40)20-36-27-16-12-17-28(19-27)43-7/h9-12,14-17,19,22,29-31,36,40H,8,13,18,20-21H2,1-7H3,(H,37,42)/t29?,30-,31+/m0/s1. The molecule has 9 nitrogen and oxygen atoms in total. The van der Waals surface area contributed by atoms with Crippen molar-refractivity contribution in [2.45, 2.75) is 79.1 Å². The van der Waals surface area contributed by atoms with Gasteiger partial charge in [0.15, 0.2) is 5.78 Å². The second-order valence-electron chi connectivity index (χ2n) is 11.5. The van der Waals surface area contributed by atoms with Crippen molar-refractivity contribution in [2.24, 2.45) is 5.92 Å². The van der Waals surface area contributed by atoms with Crippen LogP contribution in [0.5, 0.6) is 5.75 Å². The predicted molar refractivity (Wildman–Crippen MR) is 172 cm³/mol. The van der Waals surface area contributed by atoms with Crippen LogP contribution in [0.4, 0.5) is 5.69 Å². The molecule has 3 rings (SSSR count). The lowest BCUT2D eigenvalue weighted by Crippen LogP contribution is -2.50. The minimum Gasteiger partial charge on any atom is -0.497 e. The first-order chi connectivity index (χ1) is 21.0. The summed E-state index contributed by atoms with van der Waals surface area (Å²) in [6.07, 6.45) is 0.460. The van der Waals surface area contributed by atoms with Crippen LogP contribution in [0.25, 0.3) is 0 Å². The number of Topliss-reactive ketones (excluding diaryl/α,β-unsaturated/α-hetero) is 1. The van der Waals surface area contributed by atoms with Gasteiger partial charge in [-0.25, -0.2) is 0 Å². The molecule has 2 aromatic rings. The Balaban J connectivity index is 1.96. The van der Waals surface area contributed by atoms with Crippen LogP contribution in [0.15, 0.2) is 77.1 Å². The molecule has 238 valence electrons. The highest BCUT2D eigenvalue weighted by atomic mass is 16.5. The number of benzene rings is 2. The highest BCUT2D eigenvalue weighted by Gasteiger charge is 2.38. The maximum atomic E-state index is 14.2. The zero-order chi connectivity index (χ0) is 32.4. The van der Waals surface area contributed by atoms with Crippen molar-refractivity contribution in [3.8, 4) is 5.75 Å². The smallest absolute Gasteiger partial charge is 0.326 e. The number of rotatable bonds is 15. The topological polar surface area (TPSA) is 117 Å². The van der Waals surface area contributed by atoms with E-state index in [9.17, 15) is 19.5 Å². The van der Waals surface area contributed by atoms with E-state index in [0.717, 1.165) is 17.7 Å². The number of carbonyl (C=O) groups is 3. The van der Waals surface area contributed by atoms with Gasteiger partial charge in [-0.1, -0.05) is 49.7 Å². The van der Waals surface area contributed by atoms with Crippen LogP contribution in [0, 0.1) is 5.92 Å². The van der Waals surface area contributed by atoms with Crippen LogP contribution in [-0.4, -0.2) is 66.1 Å². The molecule has 0 saturated heterocycles. The molecule has 3 atom stereocenters. The van der Waals surface area contributed by atoms with Gasteiger partial charge in [-0.3, -0.25) is 14.4 Å². The number of allylic oxidation sites excluding steroid dienone is 3. The van der Waals surface area contributed by atoms with Crippen LogP contribution in [0.3, 0.4) is 0 Å². The number of hydrogen-bond acceptors (Lipinski definition) is 8. The fourth-order valence-electron chi connectivity index (χ4n) is 5.75. The Morgan fingerprint density at radius 2 is 1.68 bits per heavy atom. The number of aliphatic hydroxyl groups excluding tert-OH is 1. The van der Waals surface area contributed by atoms with Crippen LogP contribution in [0.2, 0.25) is 0 Å². The van der Waals surface area contributed by atoms with E-state index in [4.69, 9.17) is 9.47 Å². The SMILES string of the molecule is CCCC1C(C(C)=O)=C(C)N(CC(=O)OC(C)C)C(C)=C1C(=O)N[C@@H](Cc1ccccc1)[C@H](O)CNc1cccc(OC)c1. The summed E-state index contributed by atoms with van der Waals surface area (Å²) >= 11 is 0. The molecule has 0 bridgehead atoms. The summed E-state index contributed by atoms with van der Waals surface area (Å²) in [6, 6.07) is 16.4. The number of carbonyl (C=O) groups excluding carboxylic acids is 3. The summed E-state index contributed by atoms with van der Waals surface area (Å²) in [4.78, 5) is 41.7. The quantitative estimate of drug-likeness (QED) is 0.243. The molecule has 0 aromatic heterocycles. The molecule has 0 spiro atoms. The molecule has 0 fully saturated rings. The number of nitrogens with zero attached hydrogens (tertiary/aromatic N) is 1. The summed E-state index contributed by atoms with van der Waals surface area (Å²) < 4.78 is 10.7. The number of ether oxygens (including phenoxy) is 2. The molecule has 2 aromatic carbocycles. The van der Waals surface area contributed by atoms with E-state index in [1.165, 1.54) is 6.92 Å². The predicted octanol–water partition coefficient (Wildman–Crippen LogP) is 5.02. The van der Waals surface area contributed by atoms with Crippen molar-refractivity contribution in [1.82, 2.24) is 10.2 Å². The number of hydrogen-bond donors (Lipinski definition) is 3. The Labute approximate surface area is 261 Å². The zero-order valence-electron chi connectivity index (χ0n) is 27.0. The number of ketones is 1. The van der Waals surface area contributed by atoms with Crippen molar-refractivity contribution in [3.05, 3.63) is 82.7 Å². The third-order valence-electron chi connectivity index (χ3n) is 7.81. The van der Waals surface area contributed by atoms with Gasteiger partial charge in [0.25, 0.3) is 0 Å². The van der Waals surface area contributed by atoms with Crippen LogP contribution in [-0.2, 0) is 25.5 Å². The molecule has 9 heteroatoms. The minimum atomic E-state index is -0.957. The van der Waals surface area contributed by atoms with Crippen LogP contribution < -0.4 is 15.4 Å². The van der Waals surface area contributed by atoms with Gasteiger partial charge in [0, 0.05) is 46.8 Å². The van der Waals surface area contributed by atoms with Crippen molar-refractivity contribution in [3.63, 3.8) is 0 Å². The zero-order valence-corrected chi connectivity index (χ0v) is 27.0. The van der Waals surface area contributed by atoms with Gasteiger partial charge in [0.1, 0.15) is 12.3 Å². The maximum absolute atomic E-state index is 14.2. The number of amides is 1. The van der Waals surface area contributed by atoms with Crippen molar-refractivity contribution < 1.29 is 29.0 Å². The van der Waals surface area contributed by atoms with E-state index < -0.39 is 24.0 Å². The Morgan fingerprint density at radius 3 is 2.30 bits per heavy atom. The monoisotopic (exact) mass is 605 g/mol. The fourth-order valence-corrected chi connectivity index (χ4v) is 5.75. The number of methoxy groups -OCH3 is 1. The molecule has 1 heterocycles. The van der Waals surface area contributed by atoms with E-state index in [0.29, 0.717) is 41.1 Å². The lowest BCUT2D eigenvalue weighted by atomic mass is 9.79. The van der Waals surface area contributed by atoms with Gasteiger partial charge >= 0.3 is 5.97 Å². The molecule has 0 radical (unpaired) electrons. The molecular weight excluding hydrogens is 558 g/mol. The number of anilines is 1. The van der Waals surface area contributed by atoms with Gasteiger partial charge in [0.05, 0.1) is 25.4 Å². The Kier molecular flexibility index (Phi) is 12.6. The molecule has 3 N–H and O–H groups in total. The average Bonchev–Trinajstić information content (AvgIpc) is 2.98. The summed E-state index contributed by atoms with van der Waals surface area (Å²) in [5.41, 5.74) is 3.90. The molecule has 1 unspecified atom stereocenters. The Hall–Kier alpha value is -4.11. The second-order valence-corrected chi connectivity index (χ2v) is 11.5. The minimum absolute atomic E-state index is 0.122. The third-order valence-corrected chi connectivity index (χ3v) is 7.81. The van der Waals surface area contributed by atoms with E-state index in [2.05, 4.69) is 10.6 Å². The van der Waals surface area contributed by atoms with E-state index in [1.807, 2.05) is 68.4 Å². The van der Waals surface area contributed by atoms with Gasteiger partial charge in [-0.2, -0.15) is 0 Å². The summed E-state index contributed by atoms with van der Waals surface area (Å²) in [6.45, 7) is 10.7. The summed E-state index contributed by atoms with van der Waals surface area (Å²) in [7, 11) is 1.59. The van der Waals surface area contributed by atoms with Crippen molar-refractivity contribution in [1.29, 1.82) is 0 Å². The molecule has 44 heavy (non-hydrogen) atoms. The molecule has 1 aliphatic heterocycles. The lowest BCUT2D eigenvalue weighted by Gasteiger charge is -2.38. The summed E-state index contributed by atoms with van der Waals surface area (Å²) in [5.74, 6) is -0.734. The number of aliphatic hydroxyl groups is 1. The van der Waals surface area contributed by atoms with Crippen LogP contribution >= 0.6 is 0 Å². The third kappa shape index (κ3) is 8.95. The van der Waals surface area contributed by atoms with Gasteiger partial charge in [-0.15, -0.1) is 0 Å². The first-order valence-electron chi connectivity index (χ1n) is 15.3. The first-order valence-corrected chi connectivity index (χ1v) is 15.3. The largest absolute Gasteiger partial charge is 0.497 e. The van der Waals surface area contributed by atoms with E-state index >= 15 is 0 Å². The lowest BCUT2D eigenvalue weighted by molar-refractivity contribution is -0.148. The summed E-state index contributed by atoms with van der Waals surface area (Å²) in [5, 5.41) is 17.8. The van der Waals surface area contributed by atoms with E-state index in [-0.39, 0.29) is 30.9 Å².